The van der Waals surface area contributed by atoms with Crippen LogP contribution in [0.4, 0.5) is 0 Å². The van der Waals surface area contributed by atoms with Gasteiger partial charge in [0.2, 0.25) is 0 Å². The van der Waals surface area contributed by atoms with Crippen molar-refractivity contribution in [3.63, 3.8) is 0 Å². The Bertz CT molecular complexity index is 538. The van der Waals surface area contributed by atoms with E-state index in [0.717, 1.165) is 18.2 Å². The van der Waals surface area contributed by atoms with Gasteiger partial charge in [0, 0.05) is 36.5 Å². The van der Waals surface area contributed by atoms with E-state index in [9.17, 15) is 0 Å². The molecule has 0 aromatic carbocycles. The lowest BCUT2D eigenvalue weighted by atomic mass is 9.98. The lowest BCUT2D eigenvalue weighted by Crippen LogP contribution is -2.48. The van der Waals surface area contributed by atoms with Crippen molar-refractivity contribution >= 4 is 17.3 Å². The van der Waals surface area contributed by atoms with Crippen molar-refractivity contribution in [3.05, 3.63) is 16.1 Å². The fraction of sp³-hybridized carbons (Fsp3) is 0.789. The van der Waals surface area contributed by atoms with Crippen LogP contribution >= 0.6 is 11.3 Å². The van der Waals surface area contributed by atoms with E-state index in [0.29, 0.717) is 12.6 Å². The summed E-state index contributed by atoms with van der Waals surface area (Å²) in [4.78, 5) is 12.1. The number of guanidine groups is 1. The minimum absolute atomic E-state index is 0.113. The van der Waals surface area contributed by atoms with E-state index in [1.54, 1.807) is 11.3 Å². The number of piperidine rings is 1. The highest BCUT2D eigenvalue weighted by Crippen LogP contribution is 2.25. The summed E-state index contributed by atoms with van der Waals surface area (Å²) in [7, 11) is 0. The number of likely N-dealkylation sites (tertiary alicyclic amines) is 1. The van der Waals surface area contributed by atoms with Gasteiger partial charge in [-0.15, -0.1) is 11.3 Å². The zero-order valence-corrected chi connectivity index (χ0v) is 17.4. The van der Waals surface area contributed by atoms with Gasteiger partial charge in [0.05, 0.1) is 17.2 Å². The lowest BCUT2D eigenvalue weighted by Gasteiger charge is -2.32. The van der Waals surface area contributed by atoms with Crippen LogP contribution in [-0.2, 0) is 12.0 Å². The average Bonchev–Trinajstić information content (AvgIpc) is 3.04. The van der Waals surface area contributed by atoms with Crippen molar-refractivity contribution in [2.75, 3.05) is 26.2 Å². The average molecular weight is 366 g/mol. The predicted molar refractivity (Wildman–Crippen MR) is 109 cm³/mol. The van der Waals surface area contributed by atoms with Crippen LogP contribution in [0.3, 0.4) is 0 Å². The molecule has 1 aromatic heterocycles. The van der Waals surface area contributed by atoms with Crippen LogP contribution in [0.2, 0.25) is 0 Å². The number of rotatable bonds is 6. The van der Waals surface area contributed by atoms with Gasteiger partial charge in [0.1, 0.15) is 0 Å². The summed E-state index contributed by atoms with van der Waals surface area (Å²) in [6.07, 6.45) is 3.62. The number of thiazole rings is 1. The summed E-state index contributed by atoms with van der Waals surface area (Å²) in [5.41, 5.74) is 1.17. The first kappa shape index (κ1) is 20.2. The zero-order chi connectivity index (χ0) is 18.3. The Morgan fingerprint density at radius 2 is 2.04 bits per heavy atom. The van der Waals surface area contributed by atoms with Crippen LogP contribution in [0.25, 0.3) is 0 Å². The maximum absolute atomic E-state index is 4.75. The van der Waals surface area contributed by atoms with Crippen molar-refractivity contribution in [3.8, 4) is 0 Å². The zero-order valence-electron chi connectivity index (χ0n) is 16.6. The second-order valence-electron chi connectivity index (χ2n) is 7.85. The molecule has 0 aliphatic carbocycles. The molecule has 1 aliphatic rings. The van der Waals surface area contributed by atoms with Crippen molar-refractivity contribution in [1.29, 1.82) is 0 Å². The molecular formula is C19H35N5S. The van der Waals surface area contributed by atoms with Crippen LogP contribution in [0.15, 0.2) is 10.4 Å². The molecular weight excluding hydrogens is 330 g/mol. The molecule has 0 atom stereocenters. The Morgan fingerprint density at radius 1 is 1.32 bits per heavy atom. The van der Waals surface area contributed by atoms with E-state index in [-0.39, 0.29) is 5.41 Å². The van der Waals surface area contributed by atoms with E-state index >= 15 is 0 Å². The van der Waals surface area contributed by atoms with Gasteiger partial charge in [0.15, 0.2) is 5.96 Å². The summed E-state index contributed by atoms with van der Waals surface area (Å²) in [6, 6.07) is 0.520. The van der Waals surface area contributed by atoms with E-state index in [1.807, 2.05) is 0 Å². The third kappa shape index (κ3) is 6.59. The summed E-state index contributed by atoms with van der Waals surface area (Å²) in [6.45, 7) is 16.1. The monoisotopic (exact) mass is 365 g/mol. The van der Waals surface area contributed by atoms with Crippen LogP contribution < -0.4 is 10.6 Å². The number of nitrogens with zero attached hydrogens (tertiary/aromatic N) is 3. The Balaban J connectivity index is 1.89. The van der Waals surface area contributed by atoms with Gasteiger partial charge in [-0.25, -0.2) is 9.98 Å². The van der Waals surface area contributed by atoms with E-state index in [4.69, 9.17) is 9.98 Å². The number of nitrogens with one attached hydrogen (secondary N) is 2. The lowest BCUT2D eigenvalue weighted by molar-refractivity contribution is 0.206. The van der Waals surface area contributed by atoms with Crippen molar-refractivity contribution in [2.24, 2.45) is 4.99 Å². The number of aromatic nitrogens is 1. The number of hydrogen-bond acceptors (Lipinski definition) is 4. The fourth-order valence-electron chi connectivity index (χ4n) is 3.01. The van der Waals surface area contributed by atoms with Crippen LogP contribution in [0, 0.1) is 0 Å². The summed E-state index contributed by atoms with van der Waals surface area (Å²) in [5.74, 6) is 0.918. The highest BCUT2D eigenvalue weighted by atomic mass is 32.1. The molecule has 1 aromatic rings. The van der Waals surface area contributed by atoms with Crippen LogP contribution in [0.1, 0.15) is 64.6 Å². The highest BCUT2D eigenvalue weighted by Gasteiger charge is 2.20. The summed E-state index contributed by atoms with van der Waals surface area (Å²) < 4.78 is 0. The quantitative estimate of drug-likeness (QED) is 0.599. The molecule has 0 radical (unpaired) electrons. The van der Waals surface area contributed by atoms with Crippen molar-refractivity contribution in [2.45, 2.75) is 71.9 Å². The van der Waals surface area contributed by atoms with Crippen LogP contribution in [0.5, 0.6) is 0 Å². The molecule has 5 nitrogen and oxygen atoms in total. The molecule has 0 unspecified atom stereocenters. The van der Waals surface area contributed by atoms with Crippen molar-refractivity contribution < 1.29 is 0 Å². The Hall–Kier alpha value is -1.14. The molecule has 2 heterocycles. The maximum Gasteiger partial charge on any atom is 0.191 e. The molecule has 25 heavy (non-hydrogen) atoms. The molecule has 1 saturated heterocycles. The normalized spacial score (nSPS) is 17.7. The van der Waals surface area contributed by atoms with Crippen LogP contribution in [-0.4, -0.2) is 48.1 Å². The molecule has 2 rings (SSSR count). The standard InChI is InChI=1S/C19H35N5S/c1-6-10-24-11-8-15(9-12-24)23-18(20-7-2)21-13-16-14-25-17(22-16)19(3,4)5/h14-15H,6-13H2,1-5H3,(H2,20,21,23). The highest BCUT2D eigenvalue weighted by molar-refractivity contribution is 7.09. The SMILES string of the molecule is CCCN1CCC(NC(=NCc2csc(C(C)(C)C)n2)NCC)CC1. The molecule has 1 fully saturated rings. The van der Waals surface area contributed by atoms with Gasteiger partial charge in [-0.05, 0) is 32.7 Å². The van der Waals surface area contributed by atoms with E-state index in [1.165, 1.54) is 43.9 Å². The third-order valence-electron chi connectivity index (χ3n) is 4.40. The van der Waals surface area contributed by atoms with Gasteiger partial charge in [-0.2, -0.15) is 0 Å². The van der Waals surface area contributed by atoms with Gasteiger partial charge in [0.25, 0.3) is 0 Å². The minimum atomic E-state index is 0.113. The number of aliphatic imine (C=N–C) groups is 1. The molecule has 0 spiro atoms. The van der Waals surface area contributed by atoms with Gasteiger partial charge < -0.3 is 15.5 Å². The van der Waals surface area contributed by atoms with Gasteiger partial charge in [-0.1, -0.05) is 27.7 Å². The fourth-order valence-corrected chi connectivity index (χ4v) is 3.91. The molecule has 0 bridgehead atoms. The van der Waals surface area contributed by atoms with Crippen molar-refractivity contribution in [1.82, 2.24) is 20.5 Å². The first-order valence-corrected chi connectivity index (χ1v) is 10.5. The first-order valence-electron chi connectivity index (χ1n) is 9.64. The molecule has 2 N–H and O–H groups in total. The summed E-state index contributed by atoms with van der Waals surface area (Å²) >= 11 is 1.74. The molecule has 0 amide bonds. The maximum atomic E-state index is 4.75. The summed E-state index contributed by atoms with van der Waals surface area (Å²) in [5, 5.41) is 10.3. The topological polar surface area (TPSA) is 52.5 Å². The Morgan fingerprint density at radius 3 is 2.60 bits per heavy atom. The minimum Gasteiger partial charge on any atom is -0.357 e. The second-order valence-corrected chi connectivity index (χ2v) is 8.71. The molecule has 0 saturated carbocycles. The predicted octanol–water partition coefficient (Wildman–Crippen LogP) is 3.37. The smallest absolute Gasteiger partial charge is 0.191 e. The third-order valence-corrected chi connectivity index (χ3v) is 5.72. The second kappa shape index (κ2) is 9.53. The van der Waals surface area contributed by atoms with Gasteiger partial charge in [-0.3, -0.25) is 0 Å². The molecule has 6 heteroatoms. The largest absolute Gasteiger partial charge is 0.357 e. The van der Waals surface area contributed by atoms with E-state index in [2.05, 4.69) is 55.5 Å². The first-order chi connectivity index (χ1) is 11.9. The Labute approximate surface area is 157 Å². The molecule has 1 aliphatic heterocycles. The van der Waals surface area contributed by atoms with E-state index < -0.39 is 0 Å². The number of hydrogen-bond donors (Lipinski definition) is 2. The Kier molecular flexibility index (Phi) is 7.69. The van der Waals surface area contributed by atoms with Gasteiger partial charge >= 0.3 is 0 Å². The molecule has 142 valence electrons.